The number of aromatic nitrogens is 2. The van der Waals surface area contributed by atoms with Crippen LogP contribution in [0.25, 0.3) is 11.0 Å². The van der Waals surface area contributed by atoms with Gasteiger partial charge < -0.3 is 5.32 Å². The highest BCUT2D eigenvalue weighted by atomic mass is 79.9. The zero-order valence-electron chi connectivity index (χ0n) is 10.9. The van der Waals surface area contributed by atoms with Crippen molar-refractivity contribution in [2.45, 2.75) is 6.42 Å². The number of hydrogen-bond acceptors (Lipinski definition) is 5. The van der Waals surface area contributed by atoms with Crippen molar-refractivity contribution in [3.8, 4) is 0 Å². The molecule has 0 fully saturated rings. The van der Waals surface area contributed by atoms with Gasteiger partial charge in [-0.05, 0) is 34.5 Å². The summed E-state index contributed by atoms with van der Waals surface area (Å²) in [4.78, 5) is 8.59. The summed E-state index contributed by atoms with van der Waals surface area (Å²) >= 11 is 3.36. The fourth-order valence-electron chi connectivity index (χ4n) is 1.72. The lowest BCUT2D eigenvalue weighted by Crippen LogP contribution is -2.24. The van der Waals surface area contributed by atoms with Crippen molar-refractivity contribution < 1.29 is 8.42 Å². The lowest BCUT2D eigenvalue weighted by atomic mass is 10.2. The Balaban J connectivity index is 1.97. The minimum atomic E-state index is -3.11. The Hall–Kier alpha value is -1.25. The van der Waals surface area contributed by atoms with Gasteiger partial charge in [-0.25, -0.2) is 13.1 Å². The molecule has 20 heavy (non-hydrogen) atoms. The quantitative estimate of drug-likeness (QED) is 0.768. The number of nitrogens with one attached hydrogen (secondary N) is 2. The number of pyridine rings is 2. The number of sulfonamides is 1. The molecule has 108 valence electrons. The van der Waals surface area contributed by atoms with Crippen molar-refractivity contribution in [2.75, 3.05) is 24.7 Å². The molecule has 0 aliphatic carbocycles. The van der Waals surface area contributed by atoms with Crippen molar-refractivity contribution in [3.05, 3.63) is 29.0 Å². The van der Waals surface area contributed by atoms with E-state index in [0.29, 0.717) is 19.5 Å². The lowest BCUT2D eigenvalue weighted by Gasteiger charge is -2.09. The van der Waals surface area contributed by atoms with Gasteiger partial charge in [0.2, 0.25) is 10.0 Å². The van der Waals surface area contributed by atoms with Crippen LogP contribution in [-0.2, 0) is 10.0 Å². The molecule has 2 aromatic heterocycles. The van der Waals surface area contributed by atoms with Gasteiger partial charge in [-0.3, -0.25) is 9.97 Å². The van der Waals surface area contributed by atoms with E-state index in [1.54, 1.807) is 12.4 Å². The van der Waals surface area contributed by atoms with E-state index < -0.39 is 10.0 Å². The number of halogens is 1. The normalized spacial score (nSPS) is 11.7. The van der Waals surface area contributed by atoms with Crippen LogP contribution in [0.15, 0.2) is 29.0 Å². The fraction of sp³-hybridized carbons (Fsp3) is 0.333. The van der Waals surface area contributed by atoms with E-state index in [-0.39, 0.29) is 0 Å². The molecule has 2 heterocycles. The van der Waals surface area contributed by atoms with Gasteiger partial charge in [-0.15, -0.1) is 0 Å². The van der Waals surface area contributed by atoms with Crippen LogP contribution < -0.4 is 10.0 Å². The first-order chi connectivity index (χ1) is 9.46. The summed E-state index contributed by atoms with van der Waals surface area (Å²) in [5, 5.41) is 3.24. The summed E-state index contributed by atoms with van der Waals surface area (Å²) in [6.07, 6.45) is 5.28. The molecule has 0 aromatic carbocycles. The highest BCUT2D eigenvalue weighted by Gasteiger charge is 2.04. The van der Waals surface area contributed by atoms with Crippen LogP contribution in [0.4, 0.5) is 5.69 Å². The summed E-state index contributed by atoms with van der Waals surface area (Å²) in [6.45, 7) is 1.06. The Morgan fingerprint density at radius 3 is 2.85 bits per heavy atom. The molecule has 2 rings (SSSR count). The SMILES string of the molecule is CS(=O)(=O)NCCCNc1ccnc2cc(Br)cnc12. The smallest absolute Gasteiger partial charge is 0.208 e. The molecule has 0 saturated heterocycles. The topological polar surface area (TPSA) is 84.0 Å². The standard InChI is InChI=1S/C12H15BrN4O2S/c1-20(18,19)17-5-2-4-14-10-3-6-15-11-7-9(13)8-16-12(10)11/h3,6-8,17H,2,4-5H2,1H3,(H,14,15). The molecule has 0 spiro atoms. The summed E-state index contributed by atoms with van der Waals surface area (Å²) in [7, 11) is -3.11. The van der Waals surface area contributed by atoms with Crippen LogP contribution in [0.3, 0.4) is 0 Å². The highest BCUT2D eigenvalue weighted by molar-refractivity contribution is 9.10. The molecule has 0 aliphatic heterocycles. The molecule has 0 unspecified atom stereocenters. The van der Waals surface area contributed by atoms with Gasteiger partial charge in [-0.2, -0.15) is 0 Å². The van der Waals surface area contributed by atoms with E-state index in [4.69, 9.17) is 0 Å². The monoisotopic (exact) mass is 358 g/mol. The number of hydrogen-bond donors (Lipinski definition) is 2. The average molecular weight is 359 g/mol. The molecule has 2 N–H and O–H groups in total. The van der Waals surface area contributed by atoms with E-state index in [1.165, 1.54) is 0 Å². The van der Waals surface area contributed by atoms with Gasteiger partial charge in [0, 0.05) is 30.0 Å². The molecule has 0 bridgehead atoms. The molecule has 0 aliphatic rings. The Morgan fingerprint density at radius 1 is 1.30 bits per heavy atom. The maximum Gasteiger partial charge on any atom is 0.208 e. The van der Waals surface area contributed by atoms with Crippen LogP contribution in [0, 0.1) is 0 Å². The third kappa shape index (κ3) is 4.39. The van der Waals surface area contributed by atoms with E-state index in [1.807, 2.05) is 12.1 Å². The number of nitrogens with zero attached hydrogens (tertiary/aromatic N) is 2. The third-order valence-corrected chi connectivity index (χ3v) is 3.74. The van der Waals surface area contributed by atoms with Gasteiger partial charge in [0.1, 0.15) is 5.52 Å². The molecule has 0 saturated carbocycles. The summed E-state index contributed by atoms with van der Waals surface area (Å²) < 4.78 is 25.2. The third-order valence-electron chi connectivity index (χ3n) is 2.58. The minimum absolute atomic E-state index is 0.411. The van der Waals surface area contributed by atoms with E-state index in [0.717, 1.165) is 27.4 Å². The van der Waals surface area contributed by atoms with Crippen molar-refractivity contribution in [3.63, 3.8) is 0 Å². The first-order valence-corrected chi connectivity index (χ1v) is 8.73. The highest BCUT2D eigenvalue weighted by Crippen LogP contribution is 2.21. The maximum atomic E-state index is 10.9. The van der Waals surface area contributed by atoms with Gasteiger partial charge in [0.25, 0.3) is 0 Å². The Bertz CT molecular complexity index is 706. The second-order valence-electron chi connectivity index (χ2n) is 4.33. The summed E-state index contributed by atoms with van der Waals surface area (Å²) in [5.74, 6) is 0. The van der Waals surface area contributed by atoms with Crippen molar-refractivity contribution >= 4 is 42.7 Å². The average Bonchev–Trinajstić information content (AvgIpc) is 2.36. The van der Waals surface area contributed by atoms with Gasteiger partial charge in [-0.1, -0.05) is 0 Å². The van der Waals surface area contributed by atoms with Gasteiger partial charge in [0.15, 0.2) is 0 Å². The van der Waals surface area contributed by atoms with Crippen LogP contribution in [0.2, 0.25) is 0 Å². The van der Waals surface area contributed by atoms with Gasteiger partial charge >= 0.3 is 0 Å². The van der Waals surface area contributed by atoms with E-state index in [9.17, 15) is 8.42 Å². The number of fused-ring (bicyclic) bond motifs is 1. The predicted molar refractivity (Wildman–Crippen MR) is 83.2 cm³/mol. The molecule has 0 amide bonds. The lowest BCUT2D eigenvalue weighted by molar-refractivity contribution is 0.586. The second-order valence-corrected chi connectivity index (χ2v) is 7.08. The first kappa shape index (κ1) is 15.1. The molecule has 2 aromatic rings. The van der Waals surface area contributed by atoms with E-state index >= 15 is 0 Å². The van der Waals surface area contributed by atoms with Crippen LogP contribution in [0.1, 0.15) is 6.42 Å². The maximum absolute atomic E-state index is 10.9. The largest absolute Gasteiger partial charge is 0.383 e. The molecular formula is C12H15BrN4O2S. The zero-order chi connectivity index (χ0) is 14.6. The zero-order valence-corrected chi connectivity index (χ0v) is 13.3. The molecule has 6 nitrogen and oxygen atoms in total. The van der Waals surface area contributed by atoms with Crippen molar-refractivity contribution in [1.29, 1.82) is 0 Å². The van der Waals surface area contributed by atoms with Crippen LogP contribution in [-0.4, -0.2) is 37.7 Å². The second kappa shape index (κ2) is 6.47. The first-order valence-electron chi connectivity index (χ1n) is 6.04. The van der Waals surface area contributed by atoms with Crippen LogP contribution >= 0.6 is 15.9 Å². The van der Waals surface area contributed by atoms with Gasteiger partial charge in [0.05, 0.1) is 17.5 Å². The Labute approximate surface area is 126 Å². The Kier molecular flexibility index (Phi) is 4.90. The summed E-state index contributed by atoms with van der Waals surface area (Å²) in [5.41, 5.74) is 2.49. The summed E-state index contributed by atoms with van der Waals surface area (Å²) in [6, 6.07) is 3.76. The number of anilines is 1. The Morgan fingerprint density at radius 2 is 2.10 bits per heavy atom. The molecule has 0 atom stereocenters. The minimum Gasteiger partial charge on any atom is -0.383 e. The van der Waals surface area contributed by atoms with Crippen LogP contribution in [0.5, 0.6) is 0 Å². The molecule has 0 radical (unpaired) electrons. The number of rotatable bonds is 6. The van der Waals surface area contributed by atoms with Crippen molar-refractivity contribution in [1.82, 2.24) is 14.7 Å². The predicted octanol–water partition coefficient (Wildman–Crippen LogP) is 1.74. The molecular weight excluding hydrogens is 344 g/mol. The van der Waals surface area contributed by atoms with Crippen molar-refractivity contribution in [2.24, 2.45) is 0 Å². The van der Waals surface area contributed by atoms with E-state index in [2.05, 4.69) is 35.9 Å². The fourth-order valence-corrected chi connectivity index (χ4v) is 2.55. The molecule has 8 heteroatoms.